The number of benzene rings is 1. The van der Waals surface area contributed by atoms with Gasteiger partial charge in [-0.15, -0.1) is 10.2 Å². The molecule has 22 heavy (non-hydrogen) atoms. The fourth-order valence-corrected chi connectivity index (χ4v) is 4.39. The van der Waals surface area contributed by atoms with E-state index < -0.39 is 9.84 Å². The maximum absolute atomic E-state index is 11.3. The van der Waals surface area contributed by atoms with Crippen molar-refractivity contribution in [3.63, 3.8) is 0 Å². The van der Waals surface area contributed by atoms with Crippen molar-refractivity contribution in [3.8, 4) is 0 Å². The Balaban J connectivity index is 1.77. The Hall–Kier alpha value is -1.34. The average Bonchev–Trinajstić information content (AvgIpc) is 3.23. The van der Waals surface area contributed by atoms with Crippen LogP contribution in [0.3, 0.4) is 0 Å². The van der Waals surface area contributed by atoms with Crippen LogP contribution in [0.2, 0.25) is 0 Å². The minimum Gasteiger partial charge on any atom is -0.301 e. The highest BCUT2D eigenvalue weighted by Gasteiger charge is 2.30. The molecule has 5 nitrogen and oxygen atoms in total. The van der Waals surface area contributed by atoms with Crippen molar-refractivity contribution in [3.05, 3.63) is 41.7 Å². The minimum atomic E-state index is -2.94. The van der Waals surface area contributed by atoms with Crippen molar-refractivity contribution in [1.29, 1.82) is 0 Å². The molecule has 0 amide bonds. The maximum atomic E-state index is 11.3. The van der Waals surface area contributed by atoms with Gasteiger partial charge in [0.25, 0.3) is 0 Å². The van der Waals surface area contributed by atoms with Gasteiger partial charge in [-0.3, -0.25) is 0 Å². The highest BCUT2D eigenvalue weighted by Crippen LogP contribution is 2.40. The topological polar surface area (TPSA) is 64.8 Å². The fraction of sp³-hybridized carbons (Fsp3) is 0.467. The molecule has 1 fully saturated rings. The van der Waals surface area contributed by atoms with E-state index in [2.05, 4.69) is 26.9 Å². The zero-order valence-electron chi connectivity index (χ0n) is 12.5. The Labute approximate surface area is 135 Å². The molecule has 0 bridgehead atoms. The standard InChI is InChI=1S/C15H19N3O2S2/c1-22(19,20)10-9-21-15-17-16-14(13-7-8-13)18(15)11-12-5-3-2-4-6-12/h2-6,13H,7-11H2,1H3. The van der Waals surface area contributed by atoms with E-state index in [-0.39, 0.29) is 5.75 Å². The first-order valence-corrected chi connectivity index (χ1v) is 10.3. The van der Waals surface area contributed by atoms with Gasteiger partial charge in [-0.1, -0.05) is 42.1 Å². The summed E-state index contributed by atoms with van der Waals surface area (Å²) in [4.78, 5) is 0. The molecule has 1 aliphatic carbocycles. The van der Waals surface area contributed by atoms with E-state index in [1.165, 1.54) is 36.4 Å². The van der Waals surface area contributed by atoms with Gasteiger partial charge in [-0.05, 0) is 18.4 Å². The van der Waals surface area contributed by atoms with Crippen LogP contribution in [-0.2, 0) is 16.4 Å². The third-order valence-electron chi connectivity index (χ3n) is 3.56. The largest absolute Gasteiger partial charge is 0.301 e. The Morgan fingerprint density at radius 2 is 1.95 bits per heavy atom. The van der Waals surface area contributed by atoms with Crippen LogP contribution < -0.4 is 0 Å². The van der Waals surface area contributed by atoms with Gasteiger partial charge in [-0.2, -0.15) is 0 Å². The molecule has 0 spiro atoms. The van der Waals surface area contributed by atoms with Crippen molar-refractivity contribution in [2.45, 2.75) is 30.5 Å². The molecule has 0 aliphatic heterocycles. The van der Waals surface area contributed by atoms with Crippen LogP contribution in [0.1, 0.15) is 30.1 Å². The van der Waals surface area contributed by atoms with Crippen molar-refractivity contribution in [1.82, 2.24) is 14.8 Å². The Kier molecular flexibility index (Phi) is 4.54. The number of thioether (sulfide) groups is 1. The number of hydrogen-bond donors (Lipinski definition) is 0. The monoisotopic (exact) mass is 337 g/mol. The van der Waals surface area contributed by atoms with E-state index >= 15 is 0 Å². The summed E-state index contributed by atoms with van der Waals surface area (Å²) in [5, 5.41) is 9.42. The van der Waals surface area contributed by atoms with Gasteiger partial charge in [-0.25, -0.2) is 8.42 Å². The molecule has 1 saturated carbocycles. The summed E-state index contributed by atoms with van der Waals surface area (Å²) in [7, 11) is -2.94. The lowest BCUT2D eigenvalue weighted by atomic mass is 10.2. The van der Waals surface area contributed by atoms with E-state index in [9.17, 15) is 8.42 Å². The molecule has 0 unspecified atom stereocenters. The summed E-state index contributed by atoms with van der Waals surface area (Å²) in [5.41, 5.74) is 1.20. The fourth-order valence-electron chi connectivity index (χ4n) is 2.25. The number of nitrogens with zero attached hydrogens (tertiary/aromatic N) is 3. The van der Waals surface area contributed by atoms with Gasteiger partial charge in [0.2, 0.25) is 0 Å². The van der Waals surface area contributed by atoms with Crippen LogP contribution in [0.5, 0.6) is 0 Å². The summed E-state index contributed by atoms with van der Waals surface area (Å²) in [5.74, 6) is 2.22. The minimum absolute atomic E-state index is 0.161. The summed E-state index contributed by atoms with van der Waals surface area (Å²) in [6.45, 7) is 0.737. The molecule has 0 saturated heterocycles. The first-order chi connectivity index (χ1) is 10.5. The molecule has 0 atom stereocenters. The second kappa shape index (κ2) is 6.42. The molecule has 1 aliphatic rings. The summed E-state index contributed by atoms with van der Waals surface area (Å²) in [6.07, 6.45) is 3.60. The third kappa shape index (κ3) is 4.10. The second-order valence-electron chi connectivity index (χ2n) is 5.67. The van der Waals surface area contributed by atoms with E-state index in [0.29, 0.717) is 11.7 Å². The van der Waals surface area contributed by atoms with Crippen molar-refractivity contribution < 1.29 is 8.42 Å². The molecular formula is C15H19N3O2S2. The van der Waals surface area contributed by atoms with Crippen LogP contribution >= 0.6 is 11.8 Å². The van der Waals surface area contributed by atoms with Crippen LogP contribution in [0.15, 0.2) is 35.5 Å². The van der Waals surface area contributed by atoms with Crippen LogP contribution in [-0.4, -0.2) is 40.9 Å². The number of rotatable bonds is 7. The number of sulfone groups is 1. The zero-order valence-corrected chi connectivity index (χ0v) is 14.1. The Morgan fingerprint density at radius 1 is 1.23 bits per heavy atom. The molecule has 3 rings (SSSR count). The first-order valence-electron chi connectivity index (χ1n) is 7.30. The molecule has 0 N–H and O–H groups in total. The van der Waals surface area contributed by atoms with Gasteiger partial charge in [0, 0.05) is 17.9 Å². The van der Waals surface area contributed by atoms with E-state index in [1.54, 1.807) is 0 Å². The number of aromatic nitrogens is 3. The number of hydrogen-bond acceptors (Lipinski definition) is 5. The van der Waals surface area contributed by atoms with Crippen LogP contribution in [0.25, 0.3) is 0 Å². The second-order valence-corrected chi connectivity index (χ2v) is 8.99. The van der Waals surface area contributed by atoms with Crippen LogP contribution in [0.4, 0.5) is 0 Å². The molecule has 0 radical (unpaired) electrons. The van der Waals surface area contributed by atoms with E-state index in [1.807, 2.05) is 18.2 Å². The highest BCUT2D eigenvalue weighted by atomic mass is 32.2. The first kappa shape index (κ1) is 15.6. The quantitative estimate of drug-likeness (QED) is 0.726. The molecular weight excluding hydrogens is 318 g/mol. The van der Waals surface area contributed by atoms with Gasteiger partial charge in [0.05, 0.1) is 12.3 Å². The highest BCUT2D eigenvalue weighted by molar-refractivity contribution is 8.00. The molecule has 1 heterocycles. The average molecular weight is 337 g/mol. The van der Waals surface area contributed by atoms with E-state index in [0.717, 1.165) is 17.5 Å². The molecule has 1 aromatic heterocycles. The molecule has 7 heteroatoms. The third-order valence-corrected chi connectivity index (χ3v) is 5.73. The lowest BCUT2D eigenvalue weighted by Crippen LogP contribution is -2.08. The molecule has 1 aromatic carbocycles. The normalized spacial score (nSPS) is 15.1. The Bertz CT molecular complexity index is 737. The van der Waals surface area contributed by atoms with E-state index in [4.69, 9.17) is 0 Å². The predicted octanol–water partition coefficient (Wildman–Crippen LogP) is 2.34. The van der Waals surface area contributed by atoms with Crippen molar-refractivity contribution in [2.75, 3.05) is 17.8 Å². The van der Waals surface area contributed by atoms with Crippen molar-refractivity contribution >= 4 is 21.6 Å². The van der Waals surface area contributed by atoms with Gasteiger partial charge < -0.3 is 4.57 Å². The molecule has 118 valence electrons. The maximum Gasteiger partial charge on any atom is 0.191 e. The lowest BCUT2D eigenvalue weighted by molar-refractivity contribution is 0.603. The lowest BCUT2D eigenvalue weighted by Gasteiger charge is -2.09. The predicted molar refractivity (Wildman–Crippen MR) is 88.0 cm³/mol. The SMILES string of the molecule is CS(=O)(=O)CCSc1nnc(C2CC2)n1Cc1ccccc1. The van der Waals surface area contributed by atoms with Crippen molar-refractivity contribution in [2.24, 2.45) is 0 Å². The smallest absolute Gasteiger partial charge is 0.191 e. The molecule has 2 aromatic rings. The van der Waals surface area contributed by atoms with Gasteiger partial charge in [0.15, 0.2) is 5.16 Å². The summed E-state index contributed by atoms with van der Waals surface area (Å²) < 4.78 is 24.7. The zero-order chi connectivity index (χ0) is 15.6. The van der Waals surface area contributed by atoms with Gasteiger partial charge >= 0.3 is 0 Å². The Morgan fingerprint density at radius 3 is 2.59 bits per heavy atom. The summed E-state index contributed by atoms with van der Waals surface area (Å²) >= 11 is 1.47. The van der Waals surface area contributed by atoms with Gasteiger partial charge in [0.1, 0.15) is 15.7 Å². The van der Waals surface area contributed by atoms with Crippen LogP contribution in [0, 0.1) is 0 Å². The summed E-state index contributed by atoms with van der Waals surface area (Å²) in [6, 6.07) is 10.2.